The molecule has 0 atom stereocenters. The predicted molar refractivity (Wildman–Crippen MR) is 140 cm³/mol. The van der Waals surface area contributed by atoms with Gasteiger partial charge in [-0.15, -0.1) is 10.2 Å². The van der Waals surface area contributed by atoms with Crippen LogP contribution in [-0.4, -0.2) is 48.3 Å². The van der Waals surface area contributed by atoms with Crippen molar-refractivity contribution in [1.82, 2.24) is 30.0 Å². The van der Waals surface area contributed by atoms with Crippen LogP contribution in [0, 0.1) is 20.2 Å². The Balaban J connectivity index is 2.18. The van der Waals surface area contributed by atoms with Gasteiger partial charge in [0.1, 0.15) is 0 Å². The van der Waals surface area contributed by atoms with Crippen molar-refractivity contribution in [2.24, 2.45) is 0 Å². The molecule has 0 unspecified atom stereocenters. The molecule has 0 radical (unpaired) electrons. The molecule has 2 aromatic heterocycles. The van der Waals surface area contributed by atoms with E-state index in [9.17, 15) is 28.6 Å². The molecule has 0 saturated heterocycles. The lowest BCUT2D eigenvalue weighted by atomic mass is 10.1. The Morgan fingerprint density at radius 2 is 1.05 bits per heavy atom. The van der Waals surface area contributed by atoms with Crippen molar-refractivity contribution < 1.29 is 18.3 Å². The summed E-state index contributed by atoms with van der Waals surface area (Å²) in [5.74, 6) is 0. The highest BCUT2D eigenvalue weighted by molar-refractivity contribution is 7.91. The minimum absolute atomic E-state index is 0.535. The molecule has 0 fully saturated rings. The highest BCUT2D eigenvalue weighted by Gasteiger charge is 2.44. The molecule has 0 aliphatic rings. The molecule has 0 aliphatic heterocycles. The molecule has 14 nitrogen and oxygen atoms in total. The second-order valence-electron chi connectivity index (χ2n) is 7.32. The van der Waals surface area contributed by atoms with Crippen LogP contribution in [0.2, 0.25) is 0 Å². The number of nitro groups is 2. The van der Waals surface area contributed by atoms with Crippen LogP contribution < -0.4 is 0 Å². The van der Waals surface area contributed by atoms with Crippen molar-refractivity contribution in [1.29, 1.82) is 0 Å². The third-order valence-electron chi connectivity index (χ3n) is 5.08. The summed E-state index contributed by atoms with van der Waals surface area (Å²) in [5.41, 5.74) is -3.82. The highest BCUT2D eigenvalue weighted by atomic mass is 35.6. The number of halogens is 6. The molecule has 0 aliphatic carbocycles. The van der Waals surface area contributed by atoms with Gasteiger partial charge in [-0.3, -0.25) is 20.2 Å². The number of sulfone groups is 1. The quantitative estimate of drug-likeness (QED) is 0.150. The van der Waals surface area contributed by atoms with Crippen molar-refractivity contribution in [3.63, 3.8) is 0 Å². The number of hydrogen-bond acceptors (Lipinski definition) is 10. The average molecular weight is 677 g/mol. The first-order chi connectivity index (χ1) is 18.1. The molecule has 0 spiro atoms. The minimum Gasteiger partial charge on any atom is -0.258 e. The van der Waals surface area contributed by atoms with E-state index in [-0.39, 0.29) is 0 Å². The van der Waals surface area contributed by atoms with Gasteiger partial charge in [0.05, 0.1) is 55.6 Å². The van der Waals surface area contributed by atoms with E-state index < -0.39 is 70.9 Å². The average Bonchev–Trinajstić information content (AvgIpc) is 3.55. The Morgan fingerprint density at radius 3 is 1.31 bits per heavy atom. The van der Waals surface area contributed by atoms with Gasteiger partial charge in [0.15, 0.2) is 11.4 Å². The first-order valence-corrected chi connectivity index (χ1v) is 13.6. The predicted octanol–water partition coefficient (Wildman–Crippen LogP) is 5.15. The summed E-state index contributed by atoms with van der Waals surface area (Å²) >= 11 is 36.9. The monoisotopic (exact) mass is 674 g/mol. The second kappa shape index (κ2) is 10.3. The molecule has 39 heavy (non-hydrogen) atoms. The number of nitro benzene ring substituents is 2. The van der Waals surface area contributed by atoms with Crippen LogP contribution in [0.25, 0.3) is 11.4 Å². The van der Waals surface area contributed by atoms with Crippen LogP contribution in [0.15, 0.2) is 58.8 Å². The van der Waals surface area contributed by atoms with Gasteiger partial charge in [0.25, 0.3) is 11.4 Å². The molecule has 2 aromatic carbocycles. The number of benzene rings is 2. The lowest BCUT2D eigenvalue weighted by Gasteiger charge is -2.23. The third kappa shape index (κ3) is 5.35. The SMILES string of the molecule is O=[N+]([O-])c1ccc(S(=O)(=O)c2ccc([N+](=O)[O-])c(-n3ccnn3)c2C(Cl)(Cl)Cl)c(C(Cl)(Cl)Cl)c1-n1ccnn1. The fourth-order valence-corrected chi connectivity index (χ4v) is 6.90. The molecule has 4 aromatic rings. The van der Waals surface area contributed by atoms with Crippen molar-refractivity contribution in [3.8, 4) is 11.4 Å². The van der Waals surface area contributed by atoms with Crippen LogP contribution in [0.5, 0.6) is 0 Å². The Kier molecular flexibility index (Phi) is 7.72. The van der Waals surface area contributed by atoms with E-state index in [1.165, 1.54) is 0 Å². The molecular weight excluding hydrogens is 669 g/mol. The Bertz CT molecular complexity index is 1580. The summed E-state index contributed by atoms with van der Waals surface area (Å²) in [7, 11) is -4.95. The Labute approximate surface area is 247 Å². The Hall–Kier alpha value is -2.79. The molecule has 4 rings (SSSR count). The van der Waals surface area contributed by atoms with Gasteiger partial charge in [0, 0.05) is 12.1 Å². The van der Waals surface area contributed by atoms with Crippen molar-refractivity contribution in [3.05, 3.63) is 80.4 Å². The third-order valence-corrected chi connectivity index (χ3v) is 8.05. The standard InChI is InChI=1S/C18H8Cl6N8O6S/c19-17(20,21)13-11(3-1-9(31(33)34)15(13)29-7-5-25-27-29)39(37,38)12-4-2-10(32(35)36)16(14(12)18(22,23)24)30-8-6-26-28-30/h1-8H. The molecule has 0 amide bonds. The highest BCUT2D eigenvalue weighted by Crippen LogP contribution is 2.51. The van der Waals surface area contributed by atoms with E-state index in [1.54, 1.807) is 0 Å². The van der Waals surface area contributed by atoms with Crippen LogP contribution >= 0.6 is 69.6 Å². The van der Waals surface area contributed by atoms with Gasteiger partial charge in [-0.2, -0.15) is 0 Å². The molecule has 0 saturated carbocycles. The number of rotatable bonds is 6. The Morgan fingerprint density at radius 1 is 0.692 bits per heavy atom. The number of aromatic nitrogens is 6. The van der Waals surface area contributed by atoms with E-state index in [1.807, 2.05) is 0 Å². The minimum atomic E-state index is -4.95. The second-order valence-corrected chi connectivity index (χ2v) is 13.8. The number of hydrogen-bond donors (Lipinski definition) is 0. The maximum atomic E-state index is 14.2. The summed E-state index contributed by atoms with van der Waals surface area (Å²) in [4.78, 5) is 20.4. The maximum absolute atomic E-state index is 14.2. The van der Waals surface area contributed by atoms with Crippen LogP contribution in [0.1, 0.15) is 11.1 Å². The maximum Gasteiger partial charge on any atom is 0.295 e. The summed E-state index contributed by atoms with van der Waals surface area (Å²) < 4.78 is 24.8. The number of nitrogens with zero attached hydrogens (tertiary/aromatic N) is 8. The van der Waals surface area contributed by atoms with Gasteiger partial charge < -0.3 is 0 Å². The summed E-state index contributed by atoms with van der Waals surface area (Å²) in [6.45, 7) is 0. The van der Waals surface area contributed by atoms with Crippen LogP contribution in [0.3, 0.4) is 0 Å². The first kappa shape index (κ1) is 29.2. The smallest absolute Gasteiger partial charge is 0.258 e. The van der Waals surface area contributed by atoms with Gasteiger partial charge in [-0.1, -0.05) is 80.0 Å². The van der Waals surface area contributed by atoms with Gasteiger partial charge in [-0.05, 0) is 12.1 Å². The normalized spacial score (nSPS) is 12.5. The fraction of sp³-hybridized carbons (Fsp3) is 0.111. The lowest BCUT2D eigenvalue weighted by molar-refractivity contribution is -0.384. The number of alkyl halides is 6. The lowest BCUT2D eigenvalue weighted by Crippen LogP contribution is -2.21. The van der Waals surface area contributed by atoms with Crippen LogP contribution in [0.4, 0.5) is 11.4 Å². The molecule has 2 heterocycles. The zero-order valence-electron chi connectivity index (χ0n) is 18.3. The van der Waals surface area contributed by atoms with E-state index in [0.29, 0.717) is 0 Å². The van der Waals surface area contributed by atoms with Gasteiger partial charge in [0.2, 0.25) is 17.4 Å². The van der Waals surface area contributed by atoms with E-state index in [0.717, 1.165) is 58.4 Å². The molecular formula is C18H8Cl6N8O6S. The first-order valence-electron chi connectivity index (χ1n) is 9.82. The zero-order valence-corrected chi connectivity index (χ0v) is 23.7. The fourth-order valence-electron chi connectivity index (χ4n) is 3.65. The van der Waals surface area contributed by atoms with E-state index in [4.69, 9.17) is 69.6 Å². The largest absolute Gasteiger partial charge is 0.295 e. The van der Waals surface area contributed by atoms with Gasteiger partial charge >= 0.3 is 0 Å². The van der Waals surface area contributed by atoms with Crippen molar-refractivity contribution in [2.75, 3.05) is 0 Å². The van der Waals surface area contributed by atoms with Crippen molar-refractivity contribution >= 4 is 90.8 Å². The summed E-state index contributed by atoms with van der Waals surface area (Å²) in [6.07, 6.45) is 4.60. The van der Waals surface area contributed by atoms with Crippen LogP contribution in [-0.2, 0) is 17.4 Å². The van der Waals surface area contributed by atoms with Crippen molar-refractivity contribution in [2.45, 2.75) is 17.4 Å². The molecule has 0 N–H and O–H groups in total. The van der Waals surface area contributed by atoms with Gasteiger partial charge in [-0.25, -0.2) is 17.8 Å². The summed E-state index contributed by atoms with van der Waals surface area (Å²) in [5, 5.41) is 38.1. The topological polar surface area (TPSA) is 182 Å². The zero-order chi connectivity index (χ0) is 28.9. The molecule has 0 bridgehead atoms. The van der Waals surface area contributed by atoms with E-state index >= 15 is 0 Å². The van der Waals surface area contributed by atoms with E-state index in [2.05, 4.69) is 20.6 Å². The molecule has 204 valence electrons. The summed E-state index contributed by atoms with van der Waals surface area (Å²) in [6, 6.07) is 3.29. The molecule has 21 heteroatoms.